The van der Waals surface area contributed by atoms with Gasteiger partial charge in [-0.15, -0.1) is 12.4 Å². The molecule has 1 aromatic carbocycles. The average Bonchev–Trinajstić information content (AvgIpc) is 2.23. The maximum absolute atomic E-state index is 12.7. The number of halogens is 5. The van der Waals surface area contributed by atoms with Crippen LogP contribution in [0.1, 0.15) is 37.9 Å². The van der Waals surface area contributed by atoms with Crippen LogP contribution >= 0.6 is 28.3 Å². The van der Waals surface area contributed by atoms with Crippen molar-refractivity contribution in [2.24, 2.45) is 11.1 Å². The van der Waals surface area contributed by atoms with Crippen LogP contribution in [0.15, 0.2) is 22.7 Å². The number of benzene rings is 1. The zero-order chi connectivity index (χ0) is 15.0. The van der Waals surface area contributed by atoms with Crippen LogP contribution in [0.3, 0.4) is 0 Å². The van der Waals surface area contributed by atoms with Crippen LogP contribution in [0, 0.1) is 5.41 Å². The quantitative estimate of drug-likeness (QED) is 0.808. The van der Waals surface area contributed by atoms with E-state index < -0.39 is 29.3 Å². The third-order valence-electron chi connectivity index (χ3n) is 2.86. The van der Waals surface area contributed by atoms with Crippen LogP contribution in [0.5, 0.6) is 0 Å². The average molecular weight is 377 g/mol. The number of nitrogens with two attached hydrogens (primary N) is 1. The van der Waals surface area contributed by atoms with E-state index in [1.807, 2.05) is 0 Å². The highest BCUT2D eigenvalue weighted by Crippen LogP contribution is 2.35. The predicted octanol–water partition coefficient (Wildman–Crippen LogP) is 4.30. The van der Waals surface area contributed by atoms with E-state index in [2.05, 4.69) is 15.9 Å². The topological polar surface area (TPSA) is 46.2 Å². The van der Waals surface area contributed by atoms with Gasteiger partial charge in [-0.25, -0.2) is 0 Å². The fourth-order valence-electron chi connectivity index (χ4n) is 1.69. The van der Waals surface area contributed by atoms with E-state index in [4.69, 9.17) is 5.73 Å². The number of aliphatic hydroxyl groups is 1. The van der Waals surface area contributed by atoms with Crippen LogP contribution < -0.4 is 5.73 Å². The molecule has 0 aliphatic carbocycles. The van der Waals surface area contributed by atoms with Gasteiger partial charge >= 0.3 is 6.18 Å². The van der Waals surface area contributed by atoms with Crippen molar-refractivity contribution in [2.45, 2.75) is 39.1 Å². The van der Waals surface area contributed by atoms with Crippen LogP contribution in [-0.2, 0) is 6.18 Å². The summed E-state index contributed by atoms with van der Waals surface area (Å²) < 4.78 is 38.5. The first-order valence-electron chi connectivity index (χ1n) is 5.74. The van der Waals surface area contributed by atoms with Crippen LogP contribution in [0.4, 0.5) is 13.2 Å². The van der Waals surface area contributed by atoms with Crippen LogP contribution in [0.25, 0.3) is 0 Å². The molecule has 1 aromatic rings. The third-order valence-corrected chi connectivity index (χ3v) is 3.32. The van der Waals surface area contributed by atoms with Crippen LogP contribution in [0.2, 0.25) is 0 Å². The van der Waals surface area contributed by atoms with E-state index in [1.165, 1.54) is 6.07 Å². The lowest BCUT2D eigenvalue weighted by molar-refractivity contribution is -0.137. The molecular formula is C13H18BrClF3NO. The summed E-state index contributed by atoms with van der Waals surface area (Å²) in [6.45, 7) is 5.33. The Kier molecular flexibility index (Phi) is 6.54. The molecule has 2 atom stereocenters. The minimum absolute atomic E-state index is 0. The fraction of sp³-hybridized carbons (Fsp3) is 0.538. The van der Waals surface area contributed by atoms with E-state index in [0.717, 1.165) is 12.1 Å². The molecule has 3 N–H and O–H groups in total. The van der Waals surface area contributed by atoms with Gasteiger partial charge in [0.15, 0.2) is 0 Å². The summed E-state index contributed by atoms with van der Waals surface area (Å²) in [6.07, 6.45) is -5.38. The van der Waals surface area contributed by atoms with E-state index in [9.17, 15) is 18.3 Å². The predicted molar refractivity (Wildman–Crippen MR) is 78.8 cm³/mol. The Morgan fingerprint density at radius 1 is 1.15 bits per heavy atom. The minimum Gasteiger partial charge on any atom is -0.391 e. The maximum Gasteiger partial charge on any atom is 0.416 e. The molecular weight excluding hydrogens is 358 g/mol. The van der Waals surface area contributed by atoms with E-state index in [0.29, 0.717) is 0 Å². The molecule has 2 nitrogen and oxygen atoms in total. The van der Waals surface area contributed by atoms with Crippen molar-refractivity contribution in [3.63, 3.8) is 0 Å². The number of hydrogen-bond acceptors (Lipinski definition) is 2. The molecule has 0 saturated carbocycles. The molecule has 0 radical (unpaired) electrons. The van der Waals surface area contributed by atoms with Crippen molar-refractivity contribution >= 4 is 28.3 Å². The van der Waals surface area contributed by atoms with Crippen molar-refractivity contribution in [1.82, 2.24) is 0 Å². The van der Waals surface area contributed by atoms with Crippen molar-refractivity contribution < 1.29 is 18.3 Å². The highest BCUT2D eigenvalue weighted by molar-refractivity contribution is 9.10. The van der Waals surface area contributed by atoms with E-state index in [1.54, 1.807) is 20.8 Å². The van der Waals surface area contributed by atoms with Gasteiger partial charge in [-0.2, -0.15) is 13.2 Å². The molecule has 116 valence electrons. The smallest absolute Gasteiger partial charge is 0.391 e. The highest BCUT2D eigenvalue weighted by Gasteiger charge is 2.34. The molecule has 1 rings (SSSR count). The Bertz CT molecular complexity index is 460. The van der Waals surface area contributed by atoms with Crippen LogP contribution in [-0.4, -0.2) is 11.2 Å². The second kappa shape index (κ2) is 6.64. The van der Waals surface area contributed by atoms with Gasteiger partial charge in [0.1, 0.15) is 0 Å². The zero-order valence-corrected chi connectivity index (χ0v) is 13.7. The van der Waals surface area contributed by atoms with Crippen molar-refractivity contribution in [2.75, 3.05) is 0 Å². The molecule has 0 aromatic heterocycles. The Morgan fingerprint density at radius 2 is 1.65 bits per heavy atom. The normalized spacial score (nSPS) is 15.4. The minimum atomic E-state index is -4.44. The monoisotopic (exact) mass is 375 g/mol. The summed E-state index contributed by atoms with van der Waals surface area (Å²) in [4.78, 5) is 0. The second-order valence-electron chi connectivity index (χ2n) is 5.61. The molecule has 0 saturated heterocycles. The first-order valence-corrected chi connectivity index (χ1v) is 6.53. The summed E-state index contributed by atoms with van der Waals surface area (Å²) in [5.74, 6) is 0. The summed E-state index contributed by atoms with van der Waals surface area (Å²) in [6, 6.07) is 2.58. The van der Waals surface area contributed by atoms with Gasteiger partial charge in [0, 0.05) is 4.47 Å². The summed E-state index contributed by atoms with van der Waals surface area (Å²) in [5, 5.41) is 10.1. The molecule has 0 bridgehead atoms. The van der Waals surface area contributed by atoms with Gasteiger partial charge < -0.3 is 10.8 Å². The zero-order valence-electron chi connectivity index (χ0n) is 11.3. The summed E-state index contributed by atoms with van der Waals surface area (Å²) in [7, 11) is 0. The fourth-order valence-corrected chi connectivity index (χ4v) is 2.20. The first kappa shape index (κ1) is 19.7. The molecule has 0 spiro atoms. The molecule has 0 unspecified atom stereocenters. The highest BCUT2D eigenvalue weighted by atomic mass is 79.9. The lowest BCUT2D eigenvalue weighted by Gasteiger charge is -2.31. The molecule has 0 fully saturated rings. The Labute approximate surface area is 131 Å². The standard InChI is InChI=1S/C13H17BrF3NO.ClH/c1-12(2,3)11(19)10(18)7-4-8(13(15,16)17)6-9(14)5-7;/h4-6,10-11,19H,18H2,1-3H3;1H/t10-,11-;/m1./s1. The molecule has 20 heavy (non-hydrogen) atoms. The van der Waals surface area contributed by atoms with Crippen molar-refractivity contribution in [1.29, 1.82) is 0 Å². The van der Waals surface area contributed by atoms with Crippen molar-refractivity contribution in [3.05, 3.63) is 33.8 Å². The number of alkyl halides is 3. The Balaban J connectivity index is 0.00000361. The van der Waals surface area contributed by atoms with Crippen molar-refractivity contribution in [3.8, 4) is 0 Å². The molecule has 0 amide bonds. The van der Waals surface area contributed by atoms with E-state index in [-0.39, 0.29) is 22.4 Å². The van der Waals surface area contributed by atoms with Gasteiger partial charge in [-0.05, 0) is 29.2 Å². The number of rotatable bonds is 2. The first-order chi connectivity index (χ1) is 8.43. The van der Waals surface area contributed by atoms with Gasteiger partial charge in [-0.3, -0.25) is 0 Å². The van der Waals surface area contributed by atoms with Gasteiger partial charge in [0.25, 0.3) is 0 Å². The van der Waals surface area contributed by atoms with E-state index >= 15 is 0 Å². The second-order valence-corrected chi connectivity index (χ2v) is 6.52. The Morgan fingerprint density at radius 3 is 2.05 bits per heavy atom. The molecule has 0 aliphatic heterocycles. The maximum atomic E-state index is 12.7. The molecule has 7 heteroatoms. The van der Waals surface area contributed by atoms with Gasteiger partial charge in [0.05, 0.1) is 17.7 Å². The number of hydrogen-bond donors (Lipinski definition) is 2. The largest absolute Gasteiger partial charge is 0.416 e. The summed E-state index contributed by atoms with van der Waals surface area (Å²) in [5.41, 5.74) is 4.82. The Hall–Kier alpha value is -0.300. The lowest BCUT2D eigenvalue weighted by atomic mass is 9.82. The third kappa shape index (κ3) is 4.91. The van der Waals surface area contributed by atoms with Gasteiger partial charge in [-0.1, -0.05) is 36.7 Å². The SMILES string of the molecule is CC(C)(C)[C@H](O)[C@H](N)c1cc(Br)cc(C(F)(F)F)c1.Cl. The lowest BCUT2D eigenvalue weighted by Crippen LogP contribution is -2.37. The number of aliphatic hydroxyl groups excluding tert-OH is 1. The summed E-state index contributed by atoms with van der Waals surface area (Å²) >= 11 is 3.04. The van der Waals surface area contributed by atoms with Gasteiger partial charge in [0.2, 0.25) is 0 Å². The molecule has 0 heterocycles. The molecule has 0 aliphatic rings.